The molecular formula is C23H24N4O2. The molecule has 1 aliphatic rings. The van der Waals surface area contributed by atoms with E-state index in [1.165, 1.54) is 0 Å². The monoisotopic (exact) mass is 388 g/mol. The van der Waals surface area contributed by atoms with Crippen molar-refractivity contribution < 1.29 is 9.53 Å². The molecule has 29 heavy (non-hydrogen) atoms. The molecule has 3 aromatic rings. The summed E-state index contributed by atoms with van der Waals surface area (Å²) >= 11 is 0. The van der Waals surface area contributed by atoms with Gasteiger partial charge in [0.05, 0.1) is 11.8 Å². The van der Waals surface area contributed by atoms with Gasteiger partial charge in [0.15, 0.2) is 5.78 Å². The number of carbonyl (C=O) groups is 1. The Labute approximate surface area is 170 Å². The topological polar surface area (TPSA) is 76.1 Å². The normalized spacial score (nSPS) is 15.8. The number of ketones is 1. The molecule has 0 saturated carbocycles. The smallest absolute Gasteiger partial charge is 0.225 e. The summed E-state index contributed by atoms with van der Waals surface area (Å²) in [6, 6.07) is 19.3. The van der Waals surface area contributed by atoms with Crippen molar-refractivity contribution in [3.05, 3.63) is 66.2 Å². The molecule has 1 fully saturated rings. The number of ether oxygens (including phenoxy) is 1. The van der Waals surface area contributed by atoms with Crippen molar-refractivity contribution in [1.29, 1.82) is 0 Å². The third-order valence-electron chi connectivity index (χ3n) is 4.87. The van der Waals surface area contributed by atoms with E-state index in [2.05, 4.69) is 20.6 Å². The number of anilines is 3. The highest BCUT2D eigenvalue weighted by Crippen LogP contribution is 2.24. The van der Waals surface area contributed by atoms with Crippen LogP contribution in [0.4, 0.5) is 17.5 Å². The largest absolute Gasteiger partial charge is 0.376 e. The first-order valence-electron chi connectivity index (χ1n) is 9.85. The van der Waals surface area contributed by atoms with Crippen molar-refractivity contribution in [1.82, 2.24) is 9.97 Å². The zero-order valence-electron chi connectivity index (χ0n) is 16.4. The minimum absolute atomic E-state index is 0.0468. The van der Waals surface area contributed by atoms with E-state index in [9.17, 15) is 4.79 Å². The maximum Gasteiger partial charge on any atom is 0.225 e. The molecule has 0 spiro atoms. The predicted octanol–water partition coefficient (Wildman–Crippen LogP) is 4.68. The van der Waals surface area contributed by atoms with Gasteiger partial charge in [-0.3, -0.25) is 4.79 Å². The number of nitrogens with zero attached hydrogens (tertiary/aromatic N) is 2. The van der Waals surface area contributed by atoms with Crippen molar-refractivity contribution in [3.8, 4) is 11.3 Å². The third-order valence-corrected chi connectivity index (χ3v) is 4.87. The molecule has 2 heterocycles. The fourth-order valence-corrected chi connectivity index (χ4v) is 3.29. The Morgan fingerprint density at radius 3 is 2.59 bits per heavy atom. The highest BCUT2D eigenvalue weighted by atomic mass is 16.5. The lowest BCUT2D eigenvalue weighted by Crippen LogP contribution is -2.20. The number of benzene rings is 2. The second kappa shape index (κ2) is 8.84. The van der Waals surface area contributed by atoms with E-state index in [1.807, 2.05) is 48.5 Å². The molecular weight excluding hydrogens is 364 g/mol. The van der Waals surface area contributed by atoms with E-state index in [1.54, 1.807) is 19.1 Å². The van der Waals surface area contributed by atoms with Crippen LogP contribution in [0.3, 0.4) is 0 Å². The van der Waals surface area contributed by atoms with Crippen LogP contribution in [0.5, 0.6) is 0 Å². The SMILES string of the molecule is CC(=O)c1ccc(Nc2cc(-c3ccccc3)nc(NCC3CCCO3)n2)cc1. The Bertz CT molecular complexity index is 968. The van der Waals surface area contributed by atoms with Crippen molar-refractivity contribution >= 4 is 23.2 Å². The van der Waals surface area contributed by atoms with Gasteiger partial charge in [-0.05, 0) is 44.0 Å². The second-order valence-electron chi connectivity index (χ2n) is 7.10. The van der Waals surface area contributed by atoms with Gasteiger partial charge in [0.2, 0.25) is 5.95 Å². The lowest BCUT2D eigenvalue weighted by Gasteiger charge is -2.14. The van der Waals surface area contributed by atoms with Crippen molar-refractivity contribution in [2.75, 3.05) is 23.8 Å². The van der Waals surface area contributed by atoms with Gasteiger partial charge in [-0.1, -0.05) is 30.3 Å². The minimum atomic E-state index is 0.0468. The number of carbonyl (C=O) groups excluding carboxylic acids is 1. The van der Waals surface area contributed by atoms with Gasteiger partial charge in [0.1, 0.15) is 5.82 Å². The lowest BCUT2D eigenvalue weighted by molar-refractivity contribution is 0.101. The van der Waals surface area contributed by atoms with Gasteiger partial charge in [-0.25, -0.2) is 4.98 Å². The Kier molecular flexibility index (Phi) is 5.81. The molecule has 6 nitrogen and oxygen atoms in total. The fourth-order valence-electron chi connectivity index (χ4n) is 3.29. The maximum absolute atomic E-state index is 11.5. The zero-order chi connectivity index (χ0) is 20.1. The lowest BCUT2D eigenvalue weighted by atomic mass is 10.1. The summed E-state index contributed by atoms with van der Waals surface area (Å²) < 4.78 is 5.68. The van der Waals surface area contributed by atoms with E-state index >= 15 is 0 Å². The number of aromatic nitrogens is 2. The molecule has 0 radical (unpaired) electrons. The average molecular weight is 388 g/mol. The maximum atomic E-state index is 11.5. The Hall–Kier alpha value is -3.25. The van der Waals surface area contributed by atoms with E-state index in [-0.39, 0.29) is 11.9 Å². The van der Waals surface area contributed by atoms with Crippen LogP contribution in [0.15, 0.2) is 60.7 Å². The molecule has 148 valence electrons. The summed E-state index contributed by atoms with van der Waals surface area (Å²) in [6.45, 7) is 3.07. The number of Topliss-reactive ketones (excluding diaryl/α,β-unsaturated/α-hetero) is 1. The van der Waals surface area contributed by atoms with Gasteiger partial charge in [-0.2, -0.15) is 4.98 Å². The Morgan fingerprint density at radius 2 is 1.90 bits per heavy atom. The predicted molar refractivity (Wildman–Crippen MR) is 115 cm³/mol. The molecule has 1 aliphatic heterocycles. The van der Waals surface area contributed by atoms with Crippen LogP contribution in [0.25, 0.3) is 11.3 Å². The first-order valence-corrected chi connectivity index (χ1v) is 9.85. The molecule has 1 aromatic heterocycles. The second-order valence-corrected chi connectivity index (χ2v) is 7.10. The molecule has 0 bridgehead atoms. The van der Waals surface area contributed by atoms with Gasteiger partial charge in [0.25, 0.3) is 0 Å². The number of hydrogen-bond donors (Lipinski definition) is 2. The Morgan fingerprint density at radius 1 is 1.10 bits per heavy atom. The summed E-state index contributed by atoms with van der Waals surface area (Å²) in [5.74, 6) is 1.29. The van der Waals surface area contributed by atoms with Crippen molar-refractivity contribution in [2.45, 2.75) is 25.9 Å². The van der Waals surface area contributed by atoms with Crippen LogP contribution in [-0.2, 0) is 4.74 Å². The number of rotatable bonds is 7. The summed E-state index contributed by atoms with van der Waals surface area (Å²) in [7, 11) is 0. The van der Waals surface area contributed by atoms with Gasteiger partial charge < -0.3 is 15.4 Å². The van der Waals surface area contributed by atoms with Crippen LogP contribution in [0, 0.1) is 0 Å². The molecule has 2 N–H and O–H groups in total. The highest BCUT2D eigenvalue weighted by molar-refractivity contribution is 5.94. The van der Waals surface area contributed by atoms with Crippen LogP contribution in [-0.4, -0.2) is 35.0 Å². The van der Waals surface area contributed by atoms with Gasteiger partial charge >= 0.3 is 0 Å². The van der Waals surface area contributed by atoms with E-state index in [4.69, 9.17) is 4.74 Å². The highest BCUT2D eigenvalue weighted by Gasteiger charge is 2.16. The summed E-state index contributed by atoms with van der Waals surface area (Å²) in [6.07, 6.45) is 2.36. The molecule has 1 atom stereocenters. The standard InChI is InChI=1S/C23H24N4O2/c1-16(28)17-9-11-19(12-10-17)25-22-14-21(18-6-3-2-4-7-18)26-23(27-22)24-15-20-8-5-13-29-20/h2-4,6-7,9-12,14,20H,5,8,13,15H2,1H3,(H2,24,25,26,27). The molecule has 6 heteroatoms. The zero-order valence-corrected chi connectivity index (χ0v) is 16.4. The van der Waals surface area contributed by atoms with Gasteiger partial charge in [0, 0.05) is 36.0 Å². The molecule has 2 aromatic carbocycles. The van der Waals surface area contributed by atoms with Crippen LogP contribution >= 0.6 is 0 Å². The van der Waals surface area contributed by atoms with E-state index in [0.717, 1.165) is 36.4 Å². The average Bonchev–Trinajstić information content (AvgIpc) is 3.27. The molecule has 1 saturated heterocycles. The van der Waals surface area contributed by atoms with E-state index in [0.29, 0.717) is 23.9 Å². The van der Waals surface area contributed by atoms with Crippen LogP contribution < -0.4 is 10.6 Å². The number of nitrogens with one attached hydrogen (secondary N) is 2. The van der Waals surface area contributed by atoms with Crippen LogP contribution in [0.1, 0.15) is 30.1 Å². The molecule has 1 unspecified atom stereocenters. The first kappa shape index (κ1) is 19.1. The Balaban J connectivity index is 1.58. The summed E-state index contributed by atoms with van der Waals surface area (Å²) in [4.78, 5) is 20.8. The van der Waals surface area contributed by atoms with Crippen LogP contribution in [0.2, 0.25) is 0 Å². The van der Waals surface area contributed by atoms with E-state index < -0.39 is 0 Å². The molecule has 0 aliphatic carbocycles. The first-order chi connectivity index (χ1) is 14.2. The fraction of sp³-hybridized carbons (Fsp3) is 0.261. The third kappa shape index (κ3) is 4.97. The quantitative estimate of drug-likeness (QED) is 0.572. The summed E-state index contributed by atoms with van der Waals surface area (Å²) in [5, 5.41) is 6.63. The molecule has 0 amide bonds. The molecule has 4 rings (SSSR count). The van der Waals surface area contributed by atoms with Crippen molar-refractivity contribution in [2.24, 2.45) is 0 Å². The number of hydrogen-bond acceptors (Lipinski definition) is 6. The van der Waals surface area contributed by atoms with Gasteiger partial charge in [-0.15, -0.1) is 0 Å². The minimum Gasteiger partial charge on any atom is -0.376 e. The summed E-state index contributed by atoms with van der Waals surface area (Å²) in [5.41, 5.74) is 3.39. The van der Waals surface area contributed by atoms with Crippen molar-refractivity contribution in [3.63, 3.8) is 0 Å².